The molecule has 2 heterocycles. The van der Waals surface area contributed by atoms with Crippen molar-refractivity contribution in [1.82, 2.24) is 15.1 Å². The zero-order valence-corrected chi connectivity index (χ0v) is 22.4. The van der Waals surface area contributed by atoms with Crippen LogP contribution in [-0.4, -0.2) is 51.9 Å². The molecule has 218 valence electrons. The van der Waals surface area contributed by atoms with E-state index in [2.05, 4.69) is 20.6 Å². The van der Waals surface area contributed by atoms with E-state index in [-0.39, 0.29) is 34.3 Å². The average molecular weight is 580 g/mol. The Balaban J connectivity index is 1.43. The van der Waals surface area contributed by atoms with Crippen LogP contribution in [0.15, 0.2) is 66.7 Å². The van der Waals surface area contributed by atoms with Gasteiger partial charge in [-0.15, -0.1) is 0 Å². The summed E-state index contributed by atoms with van der Waals surface area (Å²) in [5.41, 5.74) is 1.98. The number of carboxylic acids is 1. The van der Waals surface area contributed by atoms with Crippen LogP contribution in [0.2, 0.25) is 0 Å². The summed E-state index contributed by atoms with van der Waals surface area (Å²) in [6, 6.07) is 17.3. The maximum atomic E-state index is 13.5. The highest BCUT2D eigenvalue weighted by atomic mass is 19.4. The number of anilines is 2. The molecule has 12 heteroatoms. The molecule has 3 N–H and O–H groups in total. The number of hydrogen-bond acceptors (Lipinski definition) is 5. The highest BCUT2D eigenvalue weighted by Gasteiger charge is 2.31. The lowest BCUT2D eigenvalue weighted by molar-refractivity contribution is -0.141. The van der Waals surface area contributed by atoms with Crippen LogP contribution >= 0.6 is 0 Å². The molecule has 0 radical (unpaired) electrons. The second-order valence-electron chi connectivity index (χ2n) is 10.1. The molecule has 5 rings (SSSR count). The quantitative estimate of drug-likeness (QED) is 0.255. The second kappa shape index (κ2) is 11.9. The van der Waals surface area contributed by atoms with Gasteiger partial charge in [0, 0.05) is 30.6 Å². The van der Waals surface area contributed by atoms with Crippen molar-refractivity contribution in [2.45, 2.75) is 38.5 Å². The van der Waals surface area contributed by atoms with Gasteiger partial charge >= 0.3 is 12.1 Å². The van der Waals surface area contributed by atoms with Crippen LogP contribution in [0.5, 0.6) is 0 Å². The molecule has 4 aromatic rings. The lowest BCUT2D eigenvalue weighted by Gasteiger charge is -2.30. The molecule has 0 aliphatic carbocycles. The number of fused-ring (bicyclic) bond motifs is 1. The summed E-state index contributed by atoms with van der Waals surface area (Å²) in [7, 11) is 0. The number of carbonyl (C=O) groups is 3. The first kappa shape index (κ1) is 28.7. The maximum absolute atomic E-state index is 13.5. The number of carboxylic acid groups (broad SMARTS) is 1. The smallest absolute Gasteiger partial charge is 0.408 e. The third-order valence-electron chi connectivity index (χ3n) is 7.03. The summed E-state index contributed by atoms with van der Waals surface area (Å²) in [4.78, 5) is 39.9. The number of hydrogen-bond donors (Lipinski definition) is 3. The minimum atomic E-state index is -4.53. The number of aromatic nitrogens is 2. The van der Waals surface area contributed by atoms with Gasteiger partial charge in [0.2, 0.25) is 0 Å². The topological polar surface area (TPSA) is 117 Å². The number of rotatable bonds is 8. The first-order chi connectivity index (χ1) is 20.1. The van der Waals surface area contributed by atoms with Crippen molar-refractivity contribution in [3.8, 4) is 0 Å². The van der Waals surface area contributed by atoms with E-state index in [0.717, 1.165) is 37.0 Å². The van der Waals surface area contributed by atoms with Crippen molar-refractivity contribution >= 4 is 40.1 Å². The summed E-state index contributed by atoms with van der Waals surface area (Å²) < 4.78 is 40.4. The van der Waals surface area contributed by atoms with E-state index in [9.17, 15) is 32.7 Å². The first-order valence-corrected chi connectivity index (χ1v) is 13.4. The van der Waals surface area contributed by atoms with Crippen molar-refractivity contribution in [1.29, 1.82) is 0 Å². The molecule has 2 amide bonds. The number of halogens is 3. The highest BCUT2D eigenvalue weighted by Crippen LogP contribution is 2.31. The zero-order valence-electron chi connectivity index (χ0n) is 22.4. The third-order valence-corrected chi connectivity index (χ3v) is 7.03. The summed E-state index contributed by atoms with van der Waals surface area (Å²) in [6.07, 6.45) is -1.54. The molecule has 0 saturated carbocycles. The number of amides is 2. The molecule has 1 aliphatic rings. The summed E-state index contributed by atoms with van der Waals surface area (Å²) in [5.74, 6) is -2.22. The molecular weight excluding hydrogens is 551 g/mol. The van der Waals surface area contributed by atoms with E-state index in [1.54, 1.807) is 42.5 Å². The Morgan fingerprint density at radius 1 is 0.881 bits per heavy atom. The number of aromatic carboxylic acids is 1. The molecule has 1 aliphatic heterocycles. The molecule has 9 nitrogen and oxygen atoms in total. The molecule has 0 bridgehead atoms. The monoisotopic (exact) mass is 579 g/mol. The van der Waals surface area contributed by atoms with Crippen LogP contribution in [0.4, 0.5) is 24.5 Å². The fourth-order valence-electron chi connectivity index (χ4n) is 5.05. The Labute approximate surface area is 238 Å². The zero-order chi connectivity index (χ0) is 29.9. The Bertz CT molecular complexity index is 1640. The first-order valence-electron chi connectivity index (χ1n) is 13.4. The van der Waals surface area contributed by atoms with Crippen LogP contribution in [0.25, 0.3) is 10.9 Å². The number of nitrogens with zero attached hydrogens (tertiary/aromatic N) is 3. The fourth-order valence-corrected chi connectivity index (χ4v) is 5.05. The van der Waals surface area contributed by atoms with Crippen molar-refractivity contribution in [2.75, 3.05) is 23.3 Å². The van der Waals surface area contributed by atoms with Gasteiger partial charge in [-0.2, -0.15) is 18.3 Å². The van der Waals surface area contributed by atoms with Gasteiger partial charge < -0.3 is 20.6 Å². The van der Waals surface area contributed by atoms with Gasteiger partial charge in [-0.1, -0.05) is 30.3 Å². The van der Waals surface area contributed by atoms with Gasteiger partial charge in [0.1, 0.15) is 6.54 Å². The lowest BCUT2D eigenvalue weighted by Crippen LogP contribution is -2.31. The lowest BCUT2D eigenvalue weighted by atomic mass is 10.1. The maximum Gasteiger partial charge on any atom is 0.408 e. The van der Waals surface area contributed by atoms with Crippen LogP contribution in [0.3, 0.4) is 0 Å². The minimum absolute atomic E-state index is 0.0815. The van der Waals surface area contributed by atoms with E-state index in [1.165, 1.54) is 24.3 Å². The minimum Gasteiger partial charge on any atom is -0.478 e. The largest absolute Gasteiger partial charge is 0.478 e. The molecule has 0 spiro atoms. The van der Waals surface area contributed by atoms with Gasteiger partial charge in [0.15, 0.2) is 5.69 Å². The number of benzene rings is 3. The molecular formula is C30H28F3N5O4. The standard InChI is InChI=1S/C30H28F3N5O4/c31-30(32,33)18-38-24-10-3-2-9-22(24)26(36-38)28(40)35-23-16-20(11-12-25(23)37-13-4-1-5-14-37)27(39)34-17-19-7-6-8-21(15-19)29(41)42/h2-3,6-12,15-16H,1,4-5,13-14,17-18H2,(H,34,39)(H,35,40)(H,41,42). The number of para-hydroxylation sites is 1. The number of piperidine rings is 1. The predicted molar refractivity (Wildman–Crippen MR) is 151 cm³/mol. The van der Waals surface area contributed by atoms with E-state index < -0.39 is 30.5 Å². The highest BCUT2D eigenvalue weighted by molar-refractivity contribution is 6.12. The van der Waals surface area contributed by atoms with Crippen molar-refractivity contribution < 1.29 is 32.7 Å². The van der Waals surface area contributed by atoms with Crippen molar-refractivity contribution in [3.05, 3.63) is 89.1 Å². The van der Waals surface area contributed by atoms with Crippen LogP contribution in [-0.2, 0) is 13.1 Å². The predicted octanol–water partition coefficient (Wildman–Crippen LogP) is 5.47. The molecule has 0 atom stereocenters. The Kier molecular flexibility index (Phi) is 8.14. The summed E-state index contributed by atoms with van der Waals surface area (Å²) in [5, 5.41) is 19.0. The van der Waals surface area contributed by atoms with Gasteiger partial charge in [-0.05, 0) is 61.2 Å². The Hall–Kier alpha value is -4.87. The normalized spacial score (nSPS) is 13.6. The average Bonchev–Trinajstić information content (AvgIpc) is 3.33. The Morgan fingerprint density at radius 3 is 2.38 bits per heavy atom. The fraction of sp³-hybridized carbons (Fsp3) is 0.267. The van der Waals surface area contributed by atoms with E-state index in [0.29, 0.717) is 16.9 Å². The van der Waals surface area contributed by atoms with E-state index >= 15 is 0 Å². The second-order valence-corrected chi connectivity index (χ2v) is 10.1. The molecule has 1 fully saturated rings. The van der Waals surface area contributed by atoms with Crippen molar-refractivity contribution in [2.24, 2.45) is 0 Å². The molecule has 3 aromatic carbocycles. The SMILES string of the molecule is O=C(O)c1cccc(CNC(=O)c2ccc(N3CCCCC3)c(NC(=O)c3nn(CC(F)(F)F)c4ccccc34)c2)c1. The number of alkyl halides is 3. The van der Waals surface area contributed by atoms with Crippen LogP contribution < -0.4 is 15.5 Å². The Morgan fingerprint density at radius 2 is 1.64 bits per heavy atom. The summed E-state index contributed by atoms with van der Waals surface area (Å²) in [6.45, 7) is 0.234. The van der Waals surface area contributed by atoms with Gasteiger partial charge in [0.05, 0.1) is 22.5 Å². The van der Waals surface area contributed by atoms with E-state index in [1.807, 2.05) is 0 Å². The molecule has 0 unspecified atom stereocenters. The van der Waals surface area contributed by atoms with E-state index in [4.69, 9.17) is 0 Å². The summed E-state index contributed by atoms with van der Waals surface area (Å²) >= 11 is 0. The molecule has 1 aromatic heterocycles. The van der Waals surface area contributed by atoms with Crippen molar-refractivity contribution in [3.63, 3.8) is 0 Å². The number of carbonyl (C=O) groups excluding carboxylic acids is 2. The van der Waals surface area contributed by atoms with Crippen LogP contribution in [0, 0.1) is 0 Å². The third kappa shape index (κ3) is 6.54. The van der Waals surface area contributed by atoms with Crippen LogP contribution in [0.1, 0.15) is 56.0 Å². The molecule has 42 heavy (non-hydrogen) atoms. The molecule has 1 saturated heterocycles. The van der Waals surface area contributed by atoms with Gasteiger partial charge in [-0.25, -0.2) is 4.79 Å². The van der Waals surface area contributed by atoms with Gasteiger partial charge in [-0.3, -0.25) is 14.3 Å². The number of nitrogens with one attached hydrogen (secondary N) is 2. The van der Waals surface area contributed by atoms with Gasteiger partial charge in [0.25, 0.3) is 11.8 Å².